The maximum Gasteiger partial charge on any atom is 0.194 e. The van der Waals surface area contributed by atoms with Crippen LogP contribution in [0.25, 0.3) is 0 Å². The number of halogens is 1. The van der Waals surface area contributed by atoms with E-state index in [2.05, 4.69) is 67.1 Å². The first-order valence-corrected chi connectivity index (χ1v) is 10.9. The molecule has 3 rings (SSSR count). The van der Waals surface area contributed by atoms with Crippen LogP contribution in [-0.2, 0) is 24.2 Å². The van der Waals surface area contributed by atoms with Crippen molar-refractivity contribution in [2.75, 3.05) is 53.0 Å². The minimum Gasteiger partial charge on any atom is -0.385 e. The van der Waals surface area contributed by atoms with E-state index in [4.69, 9.17) is 9.73 Å². The van der Waals surface area contributed by atoms with E-state index in [-0.39, 0.29) is 24.0 Å². The molecule has 172 valence electrons. The highest BCUT2D eigenvalue weighted by atomic mass is 127. The second kappa shape index (κ2) is 14.4. The molecule has 1 saturated heterocycles. The van der Waals surface area contributed by atoms with Crippen molar-refractivity contribution in [1.29, 1.82) is 0 Å². The molecule has 0 amide bonds. The summed E-state index contributed by atoms with van der Waals surface area (Å²) in [4.78, 5) is 9.74. The molecule has 0 bridgehead atoms. The van der Waals surface area contributed by atoms with Crippen LogP contribution in [0, 0.1) is 0 Å². The van der Waals surface area contributed by atoms with Gasteiger partial charge in [-0.1, -0.05) is 37.3 Å². The maximum atomic E-state index is 5.17. The zero-order valence-corrected chi connectivity index (χ0v) is 21.1. The molecule has 2 heterocycles. The molecule has 8 nitrogen and oxygen atoms in total. The molecule has 1 fully saturated rings. The predicted molar refractivity (Wildman–Crippen MR) is 135 cm³/mol. The van der Waals surface area contributed by atoms with Crippen LogP contribution in [0.2, 0.25) is 0 Å². The van der Waals surface area contributed by atoms with Crippen LogP contribution in [0.15, 0.2) is 41.7 Å². The number of aryl methyl sites for hydroxylation is 1. The van der Waals surface area contributed by atoms with Gasteiger partial charge in [0.15, 0.2) is 5.96 Å². The summed E-state index contributed by atoms with van der Waals surface area (Å²) in [6.45, 7) is 10.3. The Labute approximate surface area is 203 Å². The van der Waals surface area contributed by atoms with Crippen LogP contribution in [0.5, 0.6) is 0 Å². The Morgan fingerprint density at radius 3 is 2.65 bits per heavy atom. The number of piperazine rings is 1. The number of aromatic nitrogens is 3. The molecule has 0 radical (unpaired) electrons. The fourth-order valence-electron chi connectivity index (χ4n) is 3.65. The molecule has 1 aromatic carbocycles. The first-order chi connectivity index (χ1) is 14.8. The number of hydrogen-bond donors (Lipinski definition) is 1. The van der Waals surface area contributed by atoms with Crippen molar-refractivity contribution in [3.63, 3.8) is 0 Å². The van der Waals surface area contributed by atoms with Gasteiger partial charge in [-0.3, -0.25) is 9.89 Å². The van der Waals surface area contributed by atoms with Crippen LogP contribution < -0.4 is 5.32 Å². The normalized spacial score (nSPS) is 15.0. The van der Waals surface area contributed by atoms with Crippen LogP contribution in [0.4, 0.5) is 0 Å². The average Bonchev–Trinajstić information content (AvgIpc) is 3.24. The summed E-state index contributed by atoms with van der Waals surface area (Å²) in [7, 11) is 1.74. The Kier molecular flexibility index (Phi) is 11.8. The molecule has 1 aliphatic rings. The first-order valence-electron chi connectivity index (χ1n) is 10.9. The molecular formula is C22H36IN7O. The third-order valence-corrected chi connectivity index (χ3v) is 5.34. The van der Waals surface area contributed by atoms with Crippen molar-refractivity contribution in [3.8, 4) is 0 Å². The highest BCUT2D eigenvalue weighted by Gasteiger charge is 2.19. The lowest BCUT2D eigenvalue weighted by atomic mass is 10.2. The smallest absolute Gasteiger partial charge is 0.194 e. The van der Waals surface area contributed by atoms with Gasteiger partial charge in [0.2, 0.25) is 0 Å². The lowest BCUT2D eigenvalue weighted by Crippen LogP contribution is -2.52. The fraction of sp³-hybridized carbons (Fsp3) is 0.591. The number of nitrogens with one attached hydrogen (secondary N) is 1. The molecule has 31 heavy (non-hydrogen) atoms. The van der Waals surface area contributed by atoms with E-state index >= 15 is 0 Å². The number of rotatable bonds is 10. The van der Waals surface area contributed by atoms with Crippen molar-refractivity contribution in [2.45, 2.75) is 32.9 Å². The number of aliphatic imine (C=N–C) groups is 1. The quantitative estimate of drug-likeness (QED) is 0.216. The van der Waals surface area contributed by atoms with E-state index in [1.807, 2.05) is 0 Å². The van der Waals surface area contributed by atoms with Gasteiger partial charge in [-0.05, 0) is 12.0 Å². The van der Waals surface area contributed by atoms with Crippen LogP contribution in [0.3, 0.4) is 0 Å². The summed E-state index contributed by atoms with van der Waals surface area (Å²) in [6.07, 6.45) is 3.63. The number of methoxy groups -OCH3 is 1. The monoisotopic (exact) mass is 541 g/mol. The van der Waals surface area contributed by atoms with Crippen molar-refractivity contribution < 1.29 is 4.74 Å². The van der Waals surface area contributed by atoms with Gasteiger partial charge in [-0.2, -0.15) is 0 Å². The van der Waals surface area contributed by atoms with Gasteiger partial charge in [0.1, 0.15) is 12.2 Å². The van der Waals surface area contributed by atoms with Gasteiger partial charge in [-0.15, -0.1) is 34.2 Å². The standard InChI is InChI=1S/C22H35N7O.HI/c1-3-21-26-25-19-29(21)12-11-24-22(23-10-7-17-30-2)28-15-13-27(14-16-28)18-20-8-5-4-6-9-20;/h4-6,8-9,19H,3,7,10-18H2,1-2H3,(H,23,24);1H. The van der Waals surface area contributed by atoms with Crippen LogP contribution >= 0.6 is 24.0 Å². The van der Waals surface area contributed by atoms with Crippen LogP contribution in [-0.4, -0.2) is 83.5 Å². The number of nitrogens with zero attached hydrogens (tertiary/aromatic N) is 6. The Morgan fingerprint density at radius 2 is 1.94 bits per heavy atom. The second-order valence-corrected chi connectivity index (χ2v) is 7.52. The number of ether oxygens (including phenoxy) is 1. The summed E-state index contributed by atoms with van der Waals surface area (Å²) in [5, 5.41) is 11.7. The predicted octanol–water partition coefficient (Wildman–Crippen LogP) is 2.26. The molecule has 9 heteroatoms. The number of benzene rings is 1. The number of hydrogen-bond acceptors (Lipinski definition) is 5. The molecule has 1 aromatic heterocycles. The second-order valence-electron chi connectivity index (χ2n) is 7.52. The van der Waals surface area contributed by atoms with Gasteiger partial charge in [0.25, 0.3) is 0 Å². The zero-order valence-electron chi connectivity index (χ0n) is 18.7. The van der Waals surface area contributed by atoms with E-state index in [1.165, 1.54) is 5.56 Å². The molecule has 2 aromatic rings. The van der Waals surface area contributed by atoms with Crippen molar-refractivity contribution >= 4 is 29.9 Å². The molecule has 0 saturated carbocycles. The Morgan fingerprint density at radius 1 is 1.16 bits per heavy atom. The molecule has 0 atom stereocenters. The minimum atomic E-state index is 0. The average molecular weight is 541 g/mol. The lowest BCUT2D eigenvalue weighted by Gasteiger charge is -2.36. The highest BCUT2D eigenvalue weighted by Crippen LogP contribution is 2.09. The summed E-state index contributed by atoms with van der Waals surface area (Å²) in [5.41, 5.74) is 1.37. The Balaban J connectivity index is 0.00000341. The molecule has 0 unspecified atom stereocenters. The number of guanidine groups is 1. The lowest BCUT2D eigenvalue weighted by molar-refractivity contribution is 0.172. The van der Waals surface area contributed by atoms with E-state index in [0.717, 1.165) is 83.6 Å². The van der Waals surface area contributed by atoms with E-state index < -0.39 is 0 Å². The van der Waals surface area contributed by atoms with Crippen molar-refractivity contribution in [3.05, 3.63) is 48.0 Å². The summed E-state index contributed by atoms with van der Waals surface area (Å²) in [6, 6.07) is 10.7. The van der Waals surface area contributed by atoms with Gasteiger partial charge in [-0.25, -0.2) is 0 Å². The van der Waals surface area contributed by atoms with Crippen LogP contribution in [0.1, 0.15) is 24.7 Å². The van der Waals surface area contributed by atoms with E-state index in [9.17, 15) is 0 Å². The third kappa shape index (κ3) is 8.38. The van der Waals surface area contributed by atoms with Crippen molar-refractivity contribution in [2.24, 2.45) is 4.99 Å². The summed E-state index contributed by atoms with van der Waals surface area (Å²) in [5.74, 6) is 2.02. The topological polar surface area (TPSA) is 70.8 Å². The Bertz CT molecular complexity index is 760. The molecular weight excluding hydrogens is 505 g/mol. The minimum absolute atomic E-state index is 0. The first kappa shape index (κ1) is 25.5. The molecule has 1 aliphatic heterocycles. The van der Waals surface area contributed by atoms with Gasteiger partial charge >= 0.3 is 0 Å². The molecule has 0 spiro atoms. The zero-order chi connectivity index (χ0) is 21.0. The fourth-order valence-corrected chi connectivity index (χ4v) is 3.65. The Hall–Kier alpha value is -1.72. The van der Waals surface area contributed by atoms with E-state index in [0.29, 0.717) is 0 Å². The third-order valence-electron chi connectivity index (χ3n) is 5.34. The summed E-state index contributed by atoms with van der Waals surface area (Å²) < 4.78 is 7.27. The molecule has 1 N–H and O–H groups in total. The summed E-state index contributed by atoms with van der Waals surface area (Å²) >= 11 is 0. The van der Waals surface area contributed by atoms with Gasteiger partial charge in [0, 0.05) is 72.5 Å². The van der Waals surface area contributed by atoms with E-state index in [1.54, 1.807) is 13.4 Å². The van der Waals surface area contributed by atoms with Crippen molar-refractivity contribution in [1.82, 2.24) is 29.9 Å². The SMILES string of the molecule is CCc1nncn1CCNC(=NCCCOC)N1CCN(Cc2ccccc2)CC1.I. The maximum absolute atomic E-state index is 5.17. The largest absolute Gasteiger partial charge is 0.385 e. The van der Waals surface area contributed by atoms with Gasteiger partial charge in [0.05, 0.1) is 0 Å². The molecule has 0 aliphatic carbocycles. The highest BCUT2D eigenvalue weighted by molar-refractivity contribution is 14.0. The van der Waals surface area contributed by atoms with Gasteiger partial charge < -0.3 is 19.5 Å².